The molecule has 0 fully saturated rings. The highest BCUT2D eigenvalue weighted by Gasteiger charge is 2.24. The van der Waals surface area contributed by atoms with Crippen LogP contribution in [0.1, 0.15) is 15.2 Å². The van der Waals surface area contributed by atoms with Gasteiger partial charge in [0.2, 0.25) is 0 Å². The van der Waals surface area contributed by atoms with E-state index in [1.165, 1.54) is 0 Å². The third-order valence-corrected chi connectivity index (χ3v) is 6.34. The molecule has 0 aliphatic rings. The summed E-state index contributed by atoms with van der Waals surface area (Å²) in [6.45, 7) is 1.78. The van der Waals surface area contributed by atoms with Crippen LogP contribution in [0.5, 0.6) is 0 Å². The first-order valence-electron chi connectivity index (χ1n) is 8.63. The molecule has 146 valence electrons. The quantitative estimate of drug-likeness (QED) is 0.461. The Morgan fingerprint density at radius 1 is 1.10 bits per heavy atom. The summed E-state index contributed by atoms with van der Waals surface area (Å²) in [5, 5.41) is 10.7. The van der Waals surface area contributed by atoms with Crippen molar-refractivity contribution in [2.75, 3.05) is 4.31 Å². The highest BCUT2D eigenvalue weighted by atomic mass is 32.2. The Bertz CT molecular complexity index is 1250. The van der Waals surface area contributed by atoms with Gasteiger partial charge in [0.25, 0.3) is 0 Å². The molecule has 2 heterocycles. The van der Waals surface area contributed by atoms with E-state index in [1.54, 1.807) is 43.5 Å². The Kier molecular flexibility index (Phi) is 5.14. The lowest BCUT2D eigenvalue weighted by atomic mass is 10.1. The van der Waals surface area contributed by atoms with Crippen molar-refractivity contribution in [1.82, 2.24) is 4.98 Å². The number of anilines is 2. The molecule has 2 aromatic heterocycles. The Morgan fingerprint density at radius 2 is 1.86 bits per heavy atom. The van der Waals surface area contributed by atoms with Gasteiger partial charge < -0.3 is 9.66 Å². The van der Waals surface area contributed by atoms with E-state index in [9.17, 15) is 18.7 Å². The summed E-state index contributed by atoms with van der Waals surface area (Å²) in [4.78, 5) is 16.9. The van der Waals surface area contributed by atoms with Gasteiger partial charge in [-0.1, -0.05) is 42.5 Å². The summed E-state index contributed by atoms with van der Waals surface area (Å²) in [6.07, 6.45) is 1.67. The molecule has 2 aromatic carbocycles. The molecule has 4 aromatic rings. The zero-order valence-corrected chi connectivity index (χ0v) is 16.9. The van der Waals surface area contributed by atoms with Crippen molar-refractivity contribution >= 4 is 50.9 Å². The molecule has 0 saturated heterocycles. The molecule has 8 heteroatoms. The second-order valence-electron chi connectivity index (χ2n) is 6.31. The maximum absolute atomic E-state index is 12.1. The van der Waals surface area contributed by atoms with Crippen molar-refractivity contribution in [3.8, 4) is 10.4 Å². The predicted molar refractivity (Wildman–Crippen MR) is 114 cm³/mol. The second-order valence-corrected chi connectivity index (χ2v) is 8.16. The van der Waals surface area contributed by atoms with Crippen LogP contribution in [0.3, 0.4) is 0 Å². The zero-order valence-electron chi connectivity index (χ0n) is 15.2. The van der Waals surface area contributed by atoms with Crippen molar-refractivity contribution in [2.24, 2.45) is 0 Å². The number of benzene rings is 2. The van der Waals surface area contributed by atoms with Gasteiger partial charge in [-0.05, 0) is 30.7 Å². The van der Waals surface area contributed by atoms with Gasteiger partial charge in [-0.15, -0.1) is 11.3 Å². The van der Waals surface area contributed by atoms with Gasteiger partial charge in [-0.3, -0.25) is 13.5 Å². The van der Waals surface area contributed by atoms with Gasteiger partial charge >= 0.3 is 5.97 Å². The molecular formula is C21H15N2O4S2-. The van der Waals surface area contributed by atoms with Crippen LogP contribution in [0.15, 0.2) is 66.9 Å². The zero-order chi connectivity index (χ0) is 20.5. The average Bonchev–Trinajstić information content (AvgIpc) is 3.14. The highest BCUT2D eigenvalue weighted by molar-refractivity contribution is 7.81. The fourth-order valence-electron chi connectivity index (χ4n) is 3.20. The fourth-order valence-corrected chi connectivity index (χ4v) is 4.94. The predicted octanol–water partition coefficient (Wildman–Crippen LogP) is 4.90. The van der Waals surface area contributed by atoms with E-state index in [1.807, 2.05) is 30.3 Å². The van der Waals surface area contributed by atoms with Crippen LogP contribution in [0.25, 0.3) is 21.3 Å². The minimum Gasteiger partial charge on any atom is -0.755 e. The summed E-state index contributed by atoms with van der Waals surface area (Å²) in [7, 11) is 0. The van der Waals surface area contributed by atoms with Crippen LogP contribution in [0.2, 0.25) is 0 Å². The van der Waals surface area contributed by atoms with Crippen LogP contribution in [-0.4, -0.2) is 24.8 Å². The number of nitrogens with zero attached hydrogens (tertiary/aromatic N) is 2. The molecule has 0 bridgehead atoms. The average molecular weight is 423 g/mol. The number of thiophene rings is 1. The lowest BCUT2D eigenvalue weighted by Crippen LogP contribution is -2.21. The van der Waals surface area contributed by atoms with E-state index < -0.39 is 17.2 Å². The number of pyridine rings is 1. The Balaban J connectivity index is 1.95. The molecule has 1 atom stereocenters. The number of carboxylic acids is 1. The van der Waals surface area contributed by atoms with Gasteiger partial charge in [0.15, 0.2) is 0 Å². The number of rotatable bonds is 5. The van der Waals surface area contributed by atoms with Crippen LogP contribution >= 0.6 is 11.3 Å². The number of carboxylic acid groups (broad SMARTS) is 1. The summed E-state index contributed by atoms with van der Waals surface area (Å²) in [5.41, 5.74) is 2.71. The summed E-state index contributed by atoms with van der Waals surface area (Å²) < 4.78 is 25.2. The molecular weight excluding hydrogens is 408 g/mol. The molecule has 0 aliphatic heterocycles. The van der Waals surface area contributed by atoms with Gasteiger partial charge in [-0.2, -0.15) is 0 Å². The molecule has 0 spiro atoms. The first-order valence-corrected chi connectivity index (χ1v) is 10.5. The summed E-state index contributed by atoms with van der Waals surface area (Å²) in [6, 6.07) is 17.9. The number of fused-ring (bicyclic) bond motifs is 1. The lowest BCUT2D eigenvalue weighted by Gasteiger charge is -2.27. The van der Waals surface area contributed by atoms with Gasteiger partial charge in [0, 0.05) is 22.0 Å². The number of carbonyl (C=O) groups is 1. The van der Waals surface area contributed by atoms with Gasteiger partial charge in [-0.25, -0.2) is 4.79 Å². The second kappa shape index (κ2) is 7.75. The number of aromatic nitrogens is 1. The third-order valence-electron chi connectivity index (χ3n) is 4.51. The van der Waals surface area contributed by atoms with Crippen molar-refractivity contribution < 1.29 is 18.7 Å². The van der Waals surface area contributed by atoms with Gasteiger partial charge in [0.1, 0.15) is 4.88 Å². The van der Waals surface area contributed by atoms with E-state index in [4.69, 9.17) is 0 Å². The summed E-state index contributed by atoms with van der Waals surface area (Å²) >= 11 is -1.67. The topological polar surface area (TPSA) is 93.6 Å². The molecule has 1 unspecified atom stereocenters. The number of para-hydroxylation sites is 2. The van der Waals surface area contributed by atoms with Crippen LogP contribution in [0.4, 0.5) is 11.4 Å². The maximum atomic E-state index is 12.1. The smallest absolute Gasteiger partial charge is 0.348 e. The van der Waals surface area contributed by atoms with E-state index in [-0.39, 0.29) is 10.6 Å². The minimum absolute atomic E-state index is 0.0552. The number of aryl methyl sites for hydroxylation is 1. The van der Waals surface area contributed by atoms with Gasteiger partial charge in [0.05, 0.1) is 28.2 Å². The first-order chi connectivity index (χ1) is 14.0. The Hall–Kier alpha value is -3.07. The first kappa shape index (κ1) is 19.3. The summed E-state index contributed by atoms with van der Waals surface area (Å²) in [5.74, 6) is -1.19. The van der Waals surface area contributed by atoms with E-state index in [0.29, 0.717) is 16.1 Å². The van der Waals surface area contributed by atoms with Crippen LogP contribution < -0.4 is 4.31 Å². The SMILES string of the molecule is Cc1ccccc1N(c1cc(-c2cccc3cccnc23)sc1C(=O)O)S(=O)[O-]. The maximum Gasteiger partial charge on any atom is 0.348 e. The minimum atomic E-state index is -2.70. The van der Waals surface area contributed by atoms with Crippen LogP contribution in [0, 0.1) is 6.92 Å². The van der Waals surface area contributed by atoms with Crippen molar-refractivity contribution in [3.05, 3.63) is 77.3 Å². The number of aromatic carboxylic acids is 1. The van der Waals surface area contributed by atoms with Crippen LogP contribution in [-0.2, 0) is 11.3 Å². The molecule has 4 rings (SSSR count). The standard InChI is InChI=1S/C21H16N2O4S2/c1-13-6-2-3-10-16(13)23(29(26)27)17-12-18(28-20(17)21(24)25)15-9-4-7-14-8-5-11-22-19(14)15/h2-12H,1H3,(H,24,25)(H,26,27)/p-1. The third kappa shape index (κ3) is 3.53. The monoisotopic (exact) mass is 423 g/mol. The van der Waals surface area contributed by atoms with E-state index >= 15 is 0 Å². The Morgan fingerprint density at radius 3 is 2.59 bits per heavy atom. The normalized spacial score (nSPS) is 12.1. The largest absolute Gasteiger partial charge is 0.755 e. The number of hydrogen-bond acceptors (Lipinski definition) is 5. The molecule has 0 saturated carbocycles. The fraction of sp³-hybridized carbons (Fsp3) is 0.0476. The van der Waals surface area contributed by atoms with Crippen molar-refractivity contribution in [1.29, 1.82) is 0 Å². The lowest BCUT2D eigenvalue weighted by molar-refractivity contribution is 0.0703. The Labute approximate surface area is 173 Å². The molecule has 0 amide bonds. The number of hydrogen-bond donors (Lipinski definition) is 1. The molecule has 0 aliphatic carbocycles. The highest BCUT2D eigenvalue weighted by Crippen LogP contribution is 2.42. The molecule has 1 N–H and O–H groups in total. The molecule has 6 nitrogen and oxygen atoms in total. The van der Waals surface area contributed by atoms with E-state index in [0.717, 1.165) is 32.1 Å². The molecule has 0 radical (unpaired) electrons. The van der Waals surface area contributed by atoms with Crippen molar-refractivity contribution in [2.45, 2.75) is 6.92 Å². The van der Waals surface area contributed by atoms with E-state index in [2.05, 4.69) is 4.98 Å². The molecule has 29 heavy (non-hydrogen) atoms. The van der Waals surface area contributed by atoms with Crippen molar-refractivity contribution in [3.63, 3.8) is 0 Å².